The Balaban J connectivity index is 2.57. The van der Waals surface area contributed by atoms with Crippen LogP contribution in [0.25, 0.3) is 11.1 Å². The highest BCUT2D eigenvalue weighted by atomic mass is 79.9. The summed E-state index contributed by atoms with van der Waals surface area (Å²) in [7, 11) is 1.74. The SMILES string of the molecule is CNCc1ccc(-c2c(F)ccc(Br)c2F)c(F)c1. The van der Waals surface area contributed by atoms with Crippen molar-refractivity contribution in [1.82, 2.24) is 5.32 Å². The maximum absolute atomic E-state index is 14.0. The molecule has 1 nitrogen and oxygen atoms in total. The molecule has 0 amide bonds. The van der Waals surface area contributed by atoms with Gasteiger partial charge in [0.05, 0.1) is 10.0 Å². The van der Waals surface area contributed by atoms with Crippen molar-refractivity contribution in [1.29, 1.82) is 0 Å². The Morgan fingerprint density at radius 2 is 1.79 bits per heavy atom. The van der Waals surface area contributed by atoms with E-state index in [0.717, 1.165) is 6.07 Å². The highest BCUT2D eigenvalue weighted by molar-refractivity contribution is 9.10. The first kappa shape index (κ1) is 14.1. The van der Waals surface area contributed by atoms with Gasteiger partial charge in [-0.25, -0.2) is 13.2 Å². The fourth-order valence-corrected chi connectivity index (χ4v) is 2.18. The van der Waals surface area contributed by atoms with Gasteiger partial charge in [0, 0.05) is 12.1 Å². The molecule has 0 atom stereocenters. The molecule has 0 bridgehead atoms. The van der Waals surface area contributed by atoms with Gasteiger partial charge < -0.3 is 5.32 Å². The minimum atomic E-state index is -0.805. The lowest BCUT2D eigenvalue weighted by Gasteiger charge is -2.09. The van der Waals surface area contributed by atoms with Crippen LogP contribution in [0.1, 0.15) is 5.56 Å². The fourth-order valence-electron chi connectivity index (χ4n) is 1.85. The molecule has 2 aromatic carbocycles. The lowest BCUT2D eigenvalue weighted by molar-refractivity contribution is 0.577. The van der Waals surface area contributed by atoms with E-state index in [4.69, 9.17) is 0 Å². The summed E-state index contributed by atoms with van der Waals surface area (Å²) >= 11 is 2.97. The Labute approximate surface area is 117 Å². The minimum Gasteiger partial charge on any atom is -0.316 e. The average molecular weight is 330 g/mol. The minimum absolute atomic E-state index is 0.0869. The van der Waals surface area contributed by atoms with E-state index in [1.54, 1.807) is 13.1 Å². The number of hydrogen-bond acceptors (Lipinski definition) is 1. The third-order valence-corrected chi connectivity index (χ3v) is 3.34. The van der Waals surface area contributed by atoms with E-state index >= 15 is 0 Å². The van der Waals surface area contributed by atoms with Crippen molar-refractivity contribution in [2.24, 2.45) is 0 Å². The summed E-state index contributed by atoms with van der Waals surface area (Å²) in [5.41, 5.74) is 0.263. The molecule has 2 aromatic rings. The standard InChI is InChI=1S/C14H11BrF3N/c1-19-7-8-2-3-9(12(17)6-8)13-11(16)5-4-10(15)14(13)18/h2-6,19H,7H2,1H3. The topological polar surface area (TPSA) is 12.0 Å². The molecule has 0 aliphatic carbocycles. The molecule has 0 aromatic heterocycles. The van der Waals surface area contributed by atoms with Crippen LogP contribution in [0, 0.1) is 17.5 Å². The summed E-state index contributed by atoms with van der Waals surface area (Å²) in [6.07, 6.45) is 0. The summed E-state index contributed by atoms with van der Waals surface area (Å²) in [4.78, 5) is 0. The largest absolute Gasteiger partial charge is 0.316 e. The number of nitrogens with one attached hydrogen (secondary N) is 1. The van der Waals surface area contributed by atoms with E-state index in [2.05, 4.69) is 21.2 Å². The molecule has 0 radical (unpaired) electrons. The van der Waals surface area contributed by atoms with E-state index in [1.807, 2.05) is 0 Å². The Kier molecular flexibility index (Phi) is 4.27. The van der Waals surface area contributed by atoms with E-state index in [9.17, 15) is 13.2 Å². The van der Waals surface area contributed by atoms with Gasteiger partial charge in [-0.15, -0.1) is 0 Å². The van der Waals surface area contributed by atoms with Crippen LogP contribution in [0.3, 0.4) is 0 Å². The number of halogens is 4. The molecular formula is C14H11BrF3N. The van der Waals surface area contributed by atoms with Crippen molar-refractivity contribution in [3.8, 4) is 11.1 Å². The second-order valence-electron chi connectivity index (χ2n) is 4.06. The van der Waals surface area contributed by atoms with Gasteiger partial charge in [-0.05, 0) is 46.7 Å². The van der Waals surface area contributed by atoms with Gasteiger partial charge >= 0.3 is 0 Å². The molecule has 0 unspecified atom stereocenters. The van der Waals surface area contributed by atoms with Gasteiger partial charge in [0.25, 0.3) is 0 Å². The van der Waals surface area contributed by atoms with Gasteiger partial charge in [-0.2, -0.15) is 0 Å². The second-order valence-corrected chi connectivity index (χ2v) is 4.92. The normalized spacial score (nSPS) is 10.8. The van der Waals surface area contributed by atoms with E-state index in [0.29, 0.717) is 12.1 Å². The molecule has 100 valence electrons. The first-order valence-electron chi connectivity index (χ1n) is 5.61. The first-order chi connectivity index (χ1) is 9.04. The van der Waals surface area contributed by atoms with Crippen molar-refractivity contribution in [2.75, 3.05) is 7.05 Å². The monoisotopic (exact) mass is 329 g/mol. The Bertz CT molecular complexity index is 614. The van der Waals surface area contributed by atoms with Crippen molar-refractivity contribution < 1.29 is 13.2 Å². The summed E-state index contributed by atoms with van der Waals surface area (Å²) in [6.45, 7) is 0.487. The molecule has 0 aliphatic rings. The molecule has 1 N–H and O–H groups in total. The van der Waals surface area contributed by atoms with Crippen LogP contribution < -0.4 is 5.32 Å². The summed E-state index contributed by atoms with van der Waals surface area (Å²) in [5, 5.41) is 2.88. The molecule has 19 heavy (non-hydrogen) atoms. The number of rotatable bonds is 3. The molecule has 2 rings (SSSR count). The van der Waals surface area contributed by atoms with Crippen molar-refractivity contribution in [2.45, 2.75) is 6.54 Å². The predicted octanol–water partition coefficient (Wildman–Crippen LogP) is 4.25. The average Bonchev–Trinajstić information content (AvgIpc) is 2.37. The summed E-state index contributed by atoms with van der Waals surface area (Å²) in [6, 6.07) is 6.64. The lowest BCUT2D eigenvalue weighted by Crippen LogP contribution is -2.05. The predicted molar refractivity (Wildman–Crippen MR) is 72.2 cm³/mol. The number of benzene rings is 2. The van der Waals surface area contributed by atoms with Gasteiger partial charge in [0.1, 0.15) is 17.5 Å². The lowest BCUT2D eigenvalue weighted by atomic mass is 10.0. The van der Waals surface area contributed by atoms with Crippen LogP contribution in [0.4, 0.5) is 13.2 Å². The summed E-state index contributed by atoms with van der Waals surface area (Å²) in [5.74, 6) is -2.25. The van der Waals surface area contributed by atoms with Crippen LogP contribution in [0.5, 0.6) is 0 Å². The van der Waals surface area contributed by atoms with Crippen LogP contribution >= 0.6 is 15.9 Å². The van der Waals surface area contributed by atoms with E-state index in [1.165, 1.54) is 18.2 Å². The molecule has 0 saturated carbocycles. The molecular weight excluding hydrogens is 319 g/mol. The molecule has 0 heterocycles. The molecule has 0 fully saturated rings. The van der Waals surface area contributed by atoms with Gasteiger partial charge in [0.15, 0.2) is 0 Å². The third kappa shape index (κ3) is 2.82. The van der Waals surface area contributed by atoms with E-state index < -0.39 is 17.5 Å². The zero-order chi connectivity index (χ0) is 14.0. The third-order valence-electron chi connectivity index (χ3n) is 2.73. The Hall–Kier alpha value is -1.33. The van der Waals surface area contributed by atoms with Crippen LogP contribution in [0.15, 0.2) is 34.8 Å². The van der Waals surface area contributed by atoms with Crippen LogP contribution in [-0.4, -0.2) is 7.05 Å². The first-order valence-corrected chi connectivity index (χ1v) is 6.40. The zero-order valence-corrected chi connectivity index (χ0v) is 11.7. The zero-order valence-electron chi connectivity index (χ0n) is 10.1. The molecule has 5 heteroatoms. The fraction of sp³-hybridized carbons (Fsp3) is 0.143. The van der Waals surface area contributed by atoms with Crippen LogP contribution in [-0.2, 0) is 6.54 Å². The Morgan fingerprint density at radius 1 is 1.05 bits per heavy atom. The van der Waals surface area contributed by atoms with Gasteiger partial charge in [0.2, 0.25) is 0 Å². The second kappa shape index (κ2) is 5.75. The van der Waals surface area contributed by atoms with Crippen molar-refractivity contribution in [3.05, 3.63) is 57.8 Å². The van der Waals surface area contributed by atoms with Gasteiger partial charge in [-0.1, -0.05) is 12.1 Å². The molecule has 0 spiro atoms. The highest BCUT2D eigenvalue weighted by Gasteiger charge is 2.17. The quantitative estimate of drug-likeness (QED) is 0.830. The van der Waals surface area contributed by atoms with Gasteiger partial charge in [-0.3, -0.25) is 0 Å². The smallest absolute Gasteiger partial charge is 0.148 e. The molecule has 0 saturated heterocycles. The summed E-state index contributed by atoms with van der Waals surface area (Å²) < 4.78 is 41.7. The van der Waals surface area contributed by atoms with Crippen molar-refractivity contribution >= 4 is 15.9 Å². The Morgan fingerprint density at radius 3 is 2.42 bits per heavy atom. The number of hydrogen-bond donors (Lipinski definition) is 1. The van der Waals surface area contributed by atoms with Crippen molar-refractivity contribution in [3.63, 3.8) is 0 Å². The maximum atomic E-state index is 14.0. The molecule has 0 aliphatic heterocycles. The maximum Gasteiger partial charge on any atom is 0.148 e. The van der Waals surface area contributed by atoms with Crippen LogP contribution in [0.2, 0.25) is 0 Å². The highest BCUT2D eigenvalue weighted by Crippen LogP contribution is 2.32. The van der Waals surface area contributed by atoms with E-state index in [-0.39, 0.29) is 15.6 Å².